The Hall–Kier alpha value is -3.43. The maximum Gasteiger partial charge on any atom is 0.163 e. The second-order valence-electron chi connectivity index (χ2n) is 7.07. The zero-order valence-electron chi connectivity index (χ0n) is 18.0. The van der Waals surface area contributed by atoms with Crippen LogP contribution in [0.15, 0.2) is 42.9 Å². The fraction of sp³-hybridized carbons (Fsp3) is 0.227. The number of nitrogens with one attached hydrogen (secondary N) is 1. The fourth-order valence-corrected chi connectivity index (χ4v) is 3.81. The molecular formula is C22H22Cl2N6O3. The predicted octanol–water partition coefficient (Wildman–Crippen LogP) is 4.95. The highest BCUT2D eigenvalue weighted by atomic mass is 35.5. The molecule has 0 saturated carbocycles. The molecule has 172 valence electrons. The predicted molar refractivity (Wildman–Crippen MR) is 129 cm³/mol. The van der Waals surface area contributed by atoms with E-state index in [-0.39, 0.29) is 0 Å². The smallest absolute Gasteiger partial charge is 0.163 e. The van der Waals surface area contributed by atoms with Crippen LogP contribution in [0, 0.1) is 0 Å². The van der Waals surface area contributed by atoms with Crippen LogP contribution in [0.3, 0.4) is 0 Å². The first-order valence-corrected chi connectivity index (χ1v) is 10.8. The van der Waals surface area contributed by atoms with Gasteiger partial charge in [0.25, 0.3) is 0 Å². The second kappa shape index (κ2) is 10.0. The second-order valence-corrected chi connectivity index (χ2v) is 7.88. The standard InChI is InChI=1S/C22H22Cl2N6O3/c1-31-19-11-18(14(23)9-15(19)24)28-22-13-8-20(32-2)21(10-17(13)26-12-16(22)25)33-7-3-5-30-6-4-27-29-30/h4,6,8-12H,3,5,7,25H2,1-2H3,(H,26,28). The molecule has 0 amide bonds. The van der Waals surface area contributed by atoms with Crippen LogP contribution in [-0.2, 0) is 6.54 Å². The van der Waals surface area contributed by atoms with Crippen LogP contribution in [0.1, 0.15) is 6.42 Å². The van der Waals surface area contributed by atoms with Gasteiger partial charge < -0.3 is 25.3 Å². The fourth-order valence-electron chi connectivity index (χ4n) is 3.30. The normalized spacial score (nSPS) is 10.9. The Balaban J connectivity index is 1.62. The first-order valence-electron chi connectivity index (χ1n) is 10.0. The van der Waals surface area contributed by atoms with Gasteiger partial charge in [-0.05, 0) is 12.1 Å². The maximum atomic E-state index is 6.39. The number of aryl methyl sites for hydroxylation is 1. The van der Waals surface area contributed by atoms with Gasteiger partial charge in [0.1, 0.15) is 5.75 Å². The van der Waals surface area contributed by atoms with Crippen molar-refractivity contribution in [2.24, 2.45) is 0 Å². The number of rotatable bonds is 9. The summed E-state index contributed by atoms with van der Waals surface area (Å²) in [7, 11) is 3.12. The lowest BCUT2D eigenvalue weighted by Gasteiger charge is -2.17. The molecule has 2 heterocycles. The number of hydrogen-bond donors (Lipinski definition) is 2. The number of ether oxygens (including phenoxy) is 3. The summed E-state index contributed by atoms with van der Waals surface area (Å²) in [5, 5.41) is 12.6. The third-order valence-electron chi connectivity index (χ3n) is 4.94. The molecule has 0 fully saturated rings. The van der Waals surface area contributed by atoms with Crippen molar-refractivity contribution in [3.63, 3.8) is 0 Å². The molecule has 0 bridgehead atoms. The number of anilines is 3. The van der Waals surface area contributed by atoms with Crippen molar-refractivity contribution in [3.05, 3.63) is 52.9 Å². The van der Waals surface area contributed by atoms with Gasteiger partial charge in [-0.25, -0.2) is 0 Å². The number of nitrogen functional groups attached to an aromatic ring is 1. The first kappa shape index (κ1) is 22.8. The number of halogens is 2. The van der Waals surface area contributed by atoms with Crippen LogP contribution in [0.4, 0.5) is 17.1 Å². The number of aromatic nitrogens is 4. The summed E-state index contributed by atoms with van der Waals surface area (Å²) in [6, 6.07) is 6.96. The van der Waals surface area contributed by atoms with Crippen LogP contribution in [-0.4, -0.2) is 40.8 Å². The molecule has 0 aliphatic rings. The monoisotopic (exact) mass is 488 g/mol. The number of hydrogen-bond acceptors (Lipinski definition) is 8. The van der Waals surface area contributed by atoms with E-state index < -0.39 is 0 Å². The van der Waals surface area contributed by atoms with Crippen molar-refractivity contribution >= 4 is 51.2 Å². The third kappa shape index (κ3) is 4.99. The lowest BCUT2D eigenvalue weighted by Crippen LogP contribution is -2.06. The van der Waals surface area contributed by atoms with Gasteiger partial charge in [0.15, 0.2) is 11.5 Å². The molecular weight excluding hydrogens is 467 g/mol. The van der Waals surface area contributed by atoms with E-state index >= 15 is 0 Å². The minimum absolute atomic E-state index is 0.410. The Morgan fingerprint density at radius 1 is 1.03 bits per heavy atom. The summed E-state index contributed by atoms with van der Waals surface area (Å²) >= 11 is 12.5. The van der Waals surface area contributed by atoms with E-state index in [1.165, 1.54) is 7.11 Å². The number of benzene rings is 2. The Bertz CT molecular complexity index is 1270. The van der Waals surface area contributed by atoms with Crippen molar-refractivity contribution < 1.29 is 14.2 Å². The van der Waals surface area contributed by atoms with Gasteiger partial charge in [0.2, 0.25) is 0 Å². The Kier molecular flexibility index (Phi) is 6.90. The Morgan fingerprint density at radius 3 is 2.58 bits per heavy atom. The molecule has 0 atom stereocenters. The van der Waals surface area contributed by atoms with E-state index in [0.29, 0.717) is 63.0 Å². The summed E-state index contributed by atoms with van der Waals surface area (Å²) < 4.78 is 18.6. The highest BCUT2D eigenvalue weighted by Crippen LogP contribution is 2.41. The first-order chi connectivity index (χ1) is 16.0. The van der Waals surface area contributed by atoms with Gasteiger partial charge in [-0.2, -0.15) is 0 Å². The number of nitrogens with zero attached hydrogens (tertiary/aromatic N) is 4. The molecule has 0 radical (unpaired) electrons. The molecule has 4 rings (SSSR count). The van der Waals surface area contributed by atoms with Gasteiger partial charge in [0, 0.05) is 36.7 Å². The topological polar surface area (TPSA) is 109 Å². The Morgan fingerprint density at radius 2 is 1.85 bits per heavy atom. The van der Waals surface area contributed by atoms with E-state index in [9.17, 15) is 0 Å². The molecule has 9 nitrogen and oxygen atoms in total. The zero-order chi connectivity index (χ0) is 23.4. The molecule has 3 N–H and O–H groups in total. The molecule has 0 saturated heterocycles. The molecule has 0 unspecified atom stereocenters. The number of nitrogens with two attached hydrogens (primary N) is 1. The molecule has 4 aromatic rings. The summed E-state index contributed by atoms with van der Waals surface area (Å²) in [5.74, 6) is 1.62. The van der Waals surface area contributed by atoms with Crippen LogP contribution in [0.25, 0.3) is 10.9 Å². The van der Waals surface area contributed by atoms with E-state index in [2.05, 4.69) is 20.6 Å². The van der Waals surface area contributed by atoms with Gasteiger partial charge in [-0.15, -0.1) is 5.10 Å². The highest BCUT2D eigenvalue weighted by Gasteiger charge is 2.15. The van der Waals surface area contributed by atoms with Crippen LogP contribution < -0.4 is 25.3 Å². The highest BCUT2D eigenvalue weighted by molar-refractivity contribution is 6.37. The van der Waals surface area contributed by atoms with Crippen molar-refractivity contribution in [1.29, 1.82) is 0 Å². The van der Waals surface area contributed by atoms with E-state index in [1.807, 2.05) is 18.3 Å². The lowest BCUT2D eigenvalue weighted by atomic mass is 10.1. The number of methoxy groups -OCH3 is 2. The lowest BCUT2D eigenvalue weighted by molar-refractivity contribution is 0.280. The summed E-state index contributed by atoms with van der Waals surface area (Å²) in [4.78, 5) is 4.46. The van der Waals surface area contributed by atoms with Gasteiger partial charge in [-0.3, -0.25) is 9.67 Å². The summed E-state index contributed by atoms with van der Waals surface area (Å²) in [6.45, 7) is 1.17. The van der Waals surface area contributed by atoms with Crippen molar-refractivity contribution in [1.82, 2.24) is 20.0 Å². The zero-order valence-corrected chi connectivity index (χ0v) is 19.5. The van der Waals surface area contributed by atoms with Crippen molar-refractivity contribution in [2.75, 3.05) is 31.9 Å². The van der Waals surface area contributed by atoms with Gasteiger partial charge in [-0.1, -0.05) is 28.4 Å². The van der Waals surface area contributed by atoms with E-state index in [0.717, 1.165) is 11.8 Å². The van der Waals surface area contributed by atoms with Crippen molar-refractivity contribution in [3.8, 4) is 17.2 Å². The SMILES string of the molecule is COc1cc(Nc2c(N)cnc3cc(OCCCn4ccnn4)c(OC)cc23)c(Cl)cc1Cl. The molecule has 2 aromatic heterocycles. The minimum atomic E-state index is 0.410. The largest absolute Gasteiger partial charge is 0.495 e. The van der Waals surface area contributed by atoms with Crippen LogP contribution >= 0.6 is 23.2 Å². The Labute approximate surface area is 200 Å². The van der Waals surface area contributed by atoms with Gasteiger partial charge in [0.05, 0.1) is 65.8 Å². The van der Waals surface area contributed by atoms with Crippen LogP contribution in [0.2, 0.25) is 10.0 Å². The average molecular weight is 489 g/mol. The molecule has 0 aliphatic carbocycles. The molecule has 2 aromatic carbocycles. The maximum absolute atomic E-state index is 6.39. The summed E-state index contributed by atoms with van der Waals surface area (Å²) in [6.07, 6.45) is 5.78. The molecule has 33 heavy (non-hydrogen) atoms. The van der Waals surface area contributed by atoms with Crippen LogP contribution in [0.5, 0.6) is 17.2 Å². The third-order valence-corrected chi connectivity index (χ3v) is 5.55. The van der Waals surface area contributed by atoms with Crippen molar-refractivity contribution in [2.45, 2.75) is 13.0 Å². The molecule has 0 aliphatic heterocycles. The van der Waals surface area contributed by atoms with E-state index in [4.69, 9.17) is 43.1 Å². The summed E-state index contributed by atoms with van der Waals surface area (Å²) in [5.41, 5.74) is 8.58. The number of fused-ring (bicyclic) bond motifs is 1. The van der Waals surface area contributed by atoms with Gasteiger partial charge >= 0.3 is 0 Å². The quantitative estimate of drug-likeness (QED) is 0.318. The minimum Gasteiger partial charge on any atom is -0.495 e. The average Bonchev–Trinajstić information content (AvgIpc) is 3.33. The van der Waals surface area contributed by atoms with E-state index in [1.54, 1.807) is 36.3 Å². The molecule has 11 heteroatoms. The molecule has 0 spiro atoms. The number of pyridine rings is 1.